The summed E-state index contributed by atoms with van der Waals surface area (Å²) in [5, 5.41) is 2.79. The number of nitrogens with zero attached hydrogens (tertiary/aromatic N) is 3. The Kier molecular flexibility index (Phi) is 3.43. The fourth-order valence-electron chi connectivity index (χ4n) is 2.51. The van der Waals surface area contributed by atoms with Gasteiger partial charge in [-0.05, 0) is 37.1 Å². The van der Waals surface area contributed by atoms with Crippen LogP contribution >= 0.6 is 0 Å². The first-order valence-corrected chi connectivity index (χ1v) is 6.85. The second-order valence-corrected chi connectivity index (χ2v) is 5.05. The molecule has 21 heavy (non-hydrogen) atoms. The number of amides is 2. The second-order valence-electron chi connectivity index (χ2n) is 5.05. The standard InChI is InChI=1S/C15H16N4O2/c1-11-9-12(17-15(21)18-8-6-16-10-18)4-5-13(11)19-7-2-3-14(19)20/h4-6,8-10H,2-3,7H2,1H3,(H,17,21). The van der Waals surface area contributed by atoms with Gasteiger partial charge in [0.25, 0.3) is 0 Å². The SMILES string of the molecule is Cc1cc(NC(=O)n2ccnc2)ccc1N1CCCC1=O. The molecule has 0 atom stereocenters. The van der Waals surface area contributed by atoms with Gasteiger partial charge in [-0.25, -0.2) is 9.78 Å². The van der Waals surface area contributed by atoms with Crippen molar-refractivity contribution in [2.45, 2.75) is 19.8 Å². The summed E-state index contributed by atoms with van der Waals surface area (Å²) in [6.45, 7) is 2.70. The fraction of sp³-hybridized carbons (Fsp3) is 0.267. The molecule has 1 saturated heterocycles. The number of aryl methyl sites for hydroxylation is 1. The second kappa shape index (κ2) is 5.40. The van der Waals surface area contributed by atoms with E-state index in [1.54, 1.807) is 17.3 Å². The molecule has 6 heteroatoms. The highest BCUT2D eigenvalue weighted by Crippen LogP contribution is 2.27. The lowest BCUT2D eigenvalue weighted by atomic mass is 10.1. The van der Waals surface area contributed by atoms with E-state index in [1.807, 2.05) is 25.1 Å². The van der Waals surface area contributed by atoms with Crippen molar-refractivity contribution in [3.63, 3.8) is 0 Å². The predicted octanol–water partition coefficient (Wildman–Crippen LogP) is 2.40. The van der Waals surface area contributed by atoms with Gasteiger partial charge in [-0.3, -0.25) is 9.36 Å². The summed E-state index contributed by atoms with van der Waals surface area (Å²) >= 11 is 0. The normalized spacial score (nSPS) is 14.5. The number of benzene rings is 1. The number of hydrogen-bond acceptors (Lipinski definition) is 3. The molecule has 0 bridgehead atoms. The third kappa shape index (κ3) is 2.65. The third-order valence-corrected chi connectivity index (χ3v) is 3.55. The summed E-state index contributed by atoms with van der Waals surface area (Å²) in [6.07, 6.45) is 6.09. The molecular weight excluding hydrogens is 268 g/mol. The molecule has 6 nitrogen and oxygen atoms in total. The summed E-state index contributed by atoms with van der Waals surface area (Å²) in [7, 11) is 0. The maximum Gasteiger partial charge on any atom is 0.331 e. The average molecular weight is 284 g/mol. The van der Waals surface area contributed by atoms with Gasteiger partial charge in [-0.15, -0.1) is 0 Å². The number of hydrogen-bond donors (Lipinski definition) is 1. The van der Waals surface area contributed by atoms with Crippen molar-refractivity contribution in [2.24, 2.45) is 0 Å². The zero-order valence-corrected chi connectivity index (χ0v) is 11.7. The number of imidazole rings is 1. The van der Waals surface area contributed by atoms with Gasteiger partial charge in [0, 0.05) is 36.7 Å². The third-order valence-electron chi connectivity index (χ3n) is 3.55. The van der Waals surface area contributed by atoms with Gasteiger partial charge in [0.15, 0.2) is 0 Å². The molecule has 1 aliphatic rings. The summed E-state index contributed by atoms with van der Waals surface area (Å²) in [6, 6.07) is 5.29. The van der Waals surface area contributed by atoms with Crippen molar-refractivity contribution < 1.29 is 9.59 Å². The van der Waals surface area contributed by atoms with Gasteiger partial charge in [-0.2, -0.15) is 0 Å². The van der Waals surface area contributed by atoms with Crippen LogP contribution in [0.1, 0.15) is 18.4 Å². The maximum atomic E-state index is 11.9. The molecule has 0 spiro atoms. The smallest absolute Gasteiger partial charge is 0.312 e. The van der Waals surface area contributed by atoms with E-state index < -0.39 is 0 Å². The molecule has 108 valence electrons. The first-order chi connectivity index (χ1) is 10.1. The van der Waals surface area contributed by atoms with Crippen LogP contribution in [0.15, 0.2) is 36.9 Å². The lowest BCUT2D eigenvalue weighted by Gasteiger charge is -2.19. The van der Waals surface area contributed by atoms with Gasteiger partial charge >= 0.3 is 6.03 Å². The van der Waals surface area contributed by atoms with Crippen molar-refractivity contribution in [1.29, 1.82) is 0 Å². The monoisotopic (exact) mass is 284 g/mol. The van der Waals surface area contributed by atoms with Gasteiger partial charge in [-0.1, -0.05) is 0 Å². The molecule has 2 amide bonds. The van der Waals surface area contributed by atoms with E-state index in [4.69, 9.17) is 0 Å². The van der Waals surface area contributed by atoms with E-state index in [0.29, 0.717) is 12.1 Å². The number of anilines is 2. The minimum atomic E-state index is -0.267. The van der Waals surface area contributed by atoms with E-state index in [-0.39, 0.29) is 11.9 Å². The minimum absolute atomic E-state index is 0.160. The highest BCUT2D eigenvalue weighted by Gasteiger charge is 2.23. The van der Waals surface area contributed by atoms with E-state index >= 15 is 0 Å². The van der Waals surface area contributed by atoms with Crippen LogP contribution in [0, 0.1) is 6.92 Å². The zero-order chi connectivity index (χ0) is 14.8. The first kappa shape index (κ1) is 13.4. The van der Waals surface area contributed by atoms with Crippen LogP contribution in [0.2, 0.25) is 0 Å². The number of aromatic nitrogens is 2. The molecule has 2 heterocycles. The predicted molar refractivity (Wildman–Crippen MR) is 79.4 cm³/mol. The van der Waals surface area contributed by atoms with Crippen molar-refractivity contribution >= 4 is 23.3 Å². The van der Waals surface area contributed by atoms with Crippen LogP contribution in [0.25, 0.3) is 0 Å². The quantitative estimate of drug-likeness (QED) is 0.920. The summed E-state index contributed by atoms with van der Waals surface area (Å²) < 4.78 is 1.37. The highest BCUT2D eigenvalue weighted by molar-refractivity contribution is 5.97. The molecule has 0 radical (unpaired) electrons. The van der Waals surface area contributed by atoms with E-state index in [1.165, 1.54) is 10.9 Å². The van der Waals surface area contributed by atoms with Gasteiger partial charge in [0.2, 0.25) is 5.91 Å². The number of carbonyl (C=O) groups excluding carboxylic acids is 2. The lowest BCUT2D eigenvalue weighted by molar-refractivity contribution is -0.117. The molecule has 1 aromatic carbocycles. The maximum absolute atomic E-state index is 11.9. The molecule has 2 aromatic rings. The molecule has 0 unspecified atom stereocenters. The number of carbonyl (C=O) groups is 2. The Morgan fingerprint density at radius 2 is 2.24 bits per heavy atom. The van der Waals surface area contributed by atoms with Gasteiger partial charge < -0.3 is 10.2 Å². The zero-order valence-electron chi connectivity index (χ0n) is 11.7. The van der Waals surface area contributed by atoms with Crippen LogP contribution in [0.5, 0.6) is 0 Å². The Morgan fingerprint density at radius 3 is 2.86 bits per heavy atom. The Morgan fingerprint density at radius 1 is 1.38 bits per heavy atom. The van der Waals surface area contributed by atoms with Crippen molar-refractivity contribution in [3.05, 3.63) is 42.5 Å². The number of nitrogens with one attached hydrogen (secondary N) is 1. The molecule has 1 aliphatic heterocycles. The molecular formula is C15H16N4O2. The van der Waals surface area contributed by atoms with Crippen LogP contribution < -0.4 is 10.2 Å². The Hall–Kier alpha value is -2.63. The lowest BCUT2D eigenvalue weighted by Crippen LogP contribution is -2.24. The molecule has 0 saturated carbocycles. The molecule has 0 aliphatic carbocycles. The van der Waals surface area contributed by atoms with Crippen LogP contribution in [-0.2, 0) is 4.79 Å². The van der Waals surface area contributed by atoms with E-state index in [2.05, 4.69) is 10.3 Å². The van der Waals surface area contributed by atoms with E-state index in [0.717, 1.165) is 24.2 Å². The van der Waals surface area contributed by atoms with Crippen molar-refractivity contribution in [3.8, 4) is 0 Å². The van der Waals surface area contributed by atoms with Crippen LogP contribution in [0.3, 0.4) is 0 Å². The molecule has 1 fully saturated rings. The topological polar surface area (TPSA) is 67.2 Å². The molecule has 3 rings (SSSR count). The summed E-state index contributed by atoms with van der Waals surface area (Å²) in [4.78, 5) is 29.4. The fourth-order valence-corrected chi connectivity index (χ4v) is 2.51. The Labute approximate surface area is 122 Å². The molecule has 1 aromatic heterocycles. The number of rotatable bonds is 2. The summed E-state index contributed by atoms with van der Waals surface area (Å²) in [5.41, 5.74) is 2.58. The average Bonchev–Trinajstić information content (AvgIpc) is 3.10. The summed E-state index contributed by atoms with van der Waals surface area (Å²) in [5.74, 6) is 0.160. The molecule has 1 N–H and O–H groups in total. The van der Waals surface area contributed by atoms with Gasteiger partial charge in [0.05, 0.1) is 0 Å². The van der Waals surface area contributed by atoms with Crippen LogP contribution in [0.4, 0.5) is 16.2 Å². The highest BCUT2D eigenvalue weighted by atomic mass is 16.2. The minimum Gasteiger partial charge on any atom is -0.312 e. The van der Waals surface area contributed by atoms with Crippen LogP contribution in [-0.4, -0.2) is 28.0 Å². The first-order valence-electron chi connectivity index (χ1n) is 6.85. The van der Waals surface area contributed by atoms with Crippen molar-refractivity contribution in [2.75, 3.05) is 16.8 Å². The van der Waals surface area contributed by atoms with E-state index in [9.17, 15) is 9.59 Å². The Bertz CT molecular complexity index is 679. The largest absolute Gasteiger partial charge is 0.331 e. The van der Waals surface area contributed by atoms with Gasteiger partial charge in [0.1, 0.15) is 6.33 Å². The van der Waals surface area contributed by atoms with Crippen molar-refractivity contribution in [1.82, 2.24) is 9.55 Å². The Balaban J connectivity index is 1.78.